The zero-order valence-electron chi connectivity index (χ0n) is 14.0. The summed E-state index contributed by atoms with van der Waals surface area (Å²) in [5, 5.41) is 3.10. The lowest BCUT2D eigenvalue weighted by atomic mass is 10.1. The van der Waals surface area contributed by atoms with Crippen LogP contribution in [0.1, 0.15) is 31.9 Å². The normalized spacial score (nSPS) is 11.6. The smallest absolute Gasteiger partial charge is 0.193 e. The van der Waals surface area contributed by atoms with Crippen molar-refractivity contribution in [1.82, 2.24) is 0 Å². The highest BCUT2D eigenvalue weighted by atomic mass is 16.5. The third kappa shape index (κ3) is 5.33. The highest BCUT2D eigenvalue weighted by Crippen LogP contribution is 2.17. The Bertz CT molecular complexity index is 648. The SMILES string of the molecule is CCc1ccccc1CN=C(N)Nc1ccc(OC(C)C)cc1. The fourth-order valence-electron chi connectivity index (χ4n) is 2.30. The number of rotatable bonds is 6. The van der Waals surface area contributed by atoms with E-state index < -0.39 is 0 Å². The van der Waals surface area contributed by atoms with E-state index in [1.165, 1.54) is 11.1 Å². The summed E-state index contributed by atoms with van der Waals surface area (Å²) in [6.07, 6.45) is 1.16. The van der Waals surface area contributed by atoms with Gasteiger partial charge in [-0.2, -0.15) is 0 Å². The lowest BCUT2D eigenvalue weighted by Gasteiger charge is -2.11. The van der Waals surface area contributed by atoms with E-state index >= 15 is 0 Å². The maximum Gasteiger partial charge on any atom is 0.193 e. The highest BCUT2D eigenvalue weighted by molar-refractivity contribution is 5.92. The molecule has 0 fully saturated rings. The van der Waals surface area contributed by atoms with Gasteiger partial charge in [-0.25, -0.2) is 4.99 Å². The number of nitrogens with two attached hydrogens (primary N) is 1. The van der Waals surface area contributed by atoms with Crippen LogP contribution >= 0.6 is 0 Å². The lowest BCUT2D eigenvalue weighted by molar-refractivity contribution is 0.242. The van der Waals surface area contributed by atoms with Crippen molar-refractivity contribution in [2.24, 2.45) is 10.7 Å². The molecule has 122 valence electrons. The Morgan fingerprint density at radius 1 is 1.09 bits per heavy atom. The topological polar surface area (TPSA) is 59.6 Å². The van der Waals surface area contributed by atoms with Gasteiger partial charge >= 0.3 is 0 Å². The molecular formula is C19H25N3O. The van der Waals surface area contributed by atoms with E-state index in [-0.39, 0.29) is 6.10 Å². The van der Waals surface area contributed by atoms with E-state index in [0.29, 0.717) is 12.5 Å². The third-order valence-corrected chi connectivity index (χ3v) is 3.42. The van der Waals surface area contributed by atoms with E-state index in [0.717, 1.165) is 17.9 Å². The number of hydrogen-bond acceptors (Lipinski definition) is 2. The summed E-state index contributed by atoms with van der Waals surface area (Å²) in [5.74, 6) is 1.26. The summed E-state index contributed by atoms with van der Waals surface area (Å²) >= 11 is 0. The summed E-state index contributed by atoms with van der Waals surface area (Å²) in [6.45, 7) is 6.73. The van der Waals surface area contributed by atoms with Crippen molar-refractivity contribution in [2.75, 3.05) is 5.32 Å². The lowest BCUT2D eigenvalue weighted by Crippen LogP contribution is -2.22. The molecule has 0 radical (unpaired) electrons. The minimum absolute atomic E-state index is 0.166. The van der Waals surface area contributed by atoms with Gasteiger partial charge in [0.05, 0.1) is 12.6 Å². The molecule has 4 nitrogen and oxygen atoms in total. The zero-order chi connectivity index (χ0) is 16.7. The van der Waals surface area contributed by atoms with Crippen molar-refractivity contribution in [2.45, 2.75) is 39.8 Å². The van der Waals surface area contributed by atoms with Crippen molar-refractivity contribution in [1.29, 1.82) is 0 Å². The minimum Gasteiger partial charge on any atom is -0.491 e. The number of benzene rings is 2. The molecule has 2 rings (SSSR count). The van der Waals surface area contributed by atoms with Crippen LogP contribution in [0.15, 0.2) is 53.5 Å². The maximum atomic E-state index is 5.97. The molecule has 3 N–H and O–H groups in total. The molecule has 0 aliphatic carbocycles. The Morgan fingerprint density at radius 3 is 2.35 bits per heavy atom. The van der Waals surface area contributed by atoms with Gasteiger partial charge in [0.25, 0.3) is 0 Å². The fraction of sp³-hybridized carbons (Fsp3) is 0.316. The van der Waals surface area contributed by atoms with Crippen LogP contribution in [-0.4, -0.2) is 12.1 Å². The van der Waals surface area contributed by atoms with Crippen molar-refractivity contribution < 1.29 is 4.74 Å². The molecular weight excluding hydrogens is 286 g/mol. The first kappa shape index (κ1) is 16.9. The van der Waals surface area contributed by atoms with Gasteiger partial charge in [-0.3, -0.25) is 0 Å². The van der Waals surface area contributed by atoms with Gasteiger partial charge in [0.2, 0.25) is 0 Å². The number of ether oxygens (including phenoxy) is 1. The monoisotopic (exact) mass is 311 g/mol. The molecule has 0 unspecified atom stereocenters. The minimum atomic E-state index is 0.166. The molecule has 0 saturated carbocycles. The molecule has 0 atom stereocenters. The number of nitrogens with zero attached hydrogens (tertiary/aromatic N) is 1. The summed E-state index contributed by atoms with van der Waals surface area (Å²) in [5.41, 5.74) is 9.38. The van der Waals surface area contributed by atoms with E-state index in [1.807, 2.05) is 44.2 Å². The van der Waals surface area contributed by atoms with E-state index in [4.69, 9.17) is 10.5 Å². The Kier molecular flexibility index (Phi) is 6.03. The molecule has 0 aliphatic rings. The number of anilines is 1. The summed E-state index contributed by atoms with van der Waals surface area (Å²) < 4.78 is 5.62. The fourth-order valence-corrected chi connectivity index (χ4v) is 2.30. The molecule has 0 aliphatic heterocycles. The predicted octanol–water partition coefficient (Wildman–Crippen LogP) is 3.96. The number of guanidine groups is 1. The number of hydrogen-bond donors (Lipinski definition) is 2. The van der Waals surface area contributed by atoms with Gasteiger partial charge < -0.3 is 15.8 Å². The average Bonchev–Trinajstić information content (AvgIpc) is 2.54. The Morgan fingerprint density at radius 2 is 1.74 bits per heavy atom. The molecule has 0 amide bonds. The van der Waals surface area contributed by atoms with Gasteiger partial charge in [-0.05, 0) is 55.7 Å². The molecule has 2 aromatic rings. The highest BCUT2D eigenvalue weighted by Gasteiger charge is 2.01. The van der Waals surface area contributed by atoms with E-state index in [9.17, 15) is 0 Å². The number of aryl methyl sites for hydroxylation is 1. The second-order valence-corrected chi connectivity index (χ2v) is 5.64. The molecule has 23 heavy (non-hydrogen) atoms. The Hall–Kier alpha value is -2.49. The molecule has 0 heterocycles. The standard InChI is InChI=1S/C19H25N3O/c1-4-15-7-5-6-8-16(15)13-21-19(20)22-17-9-11-18(12-10-17)23-14(2)3/h5-12,14H,4,13H2,1-3H3,(H3,20,21,22). The van der Waals surface area contributed by atoms with Gasteiger partial charge in [-0.1, -0.05) is 31.2 Å². The van der Waals surface area contributed by atoms with Crippen LogP contribution in [0.4, 0.5) is 5.69 Å². The maximum absolute atomic E-state index is 5.97. The van der Waals surface area contributed by atoms with Crippen LogP contribution in [-0.2, 0) is 13.0 Å². The molecule has 0 spiro atoms. The van der Waals surface area contributed by atoms with Crippen LogP contribution in [0.3, 0.4) is 0 Å². The van der Waals surface area contributed by atoms with Gasteiger partial charge in [0, 0.05) is 5.69 Å². The van der Waals surface area contributed by atoms with Crippen LogP contribution in [0.2, 0.25) is 0 Å². The molecule has 0 aromatic heterocycles. The molecule has 0 saturated heterocycles. The Balaban J connectivity index is 1.96. The first-order chi connectivity index (χ1) is 11.1. The van der Waals surface area contributed by atoms with Crippen molar-refractivity contribution in [3.8, 4) is 5.75 Å². The van der Waals surface area contributed by atoms with Crippen molar-refractivity contribution in [3.05, 3.63) is 59.7 Å². The largest absolute Gasteiger partial charge is 0.491 e. The van der Waals surface area contributed by atoms with Crippen LogP contribution in [0.25, 0.3) is 0 Å². The second kappa shape index (κ2) is 8.22. The van der Waals surface area contributed by atoms with E-state index in [1.54, 1.807) is 0 Å². The second-order valence-electron chi connectivity index (χ2n) is 5.64. The first-order valence-electron chi connectivity index (χ1n) is 7.99. The van der Waals surface area contributed by atoms with Gasteiger partial charge in [-0.15, -0.1) is 0 Å². The summed E-state index contributed by atoms with van der Waals surface area (Å²) in [6, 6.07) is 16.0. The molecule has 0 bridgehead atoms. The summed E-state index contributed by atoms with van der Waals surface area (Å²) in [4.78, 5) is 4.42. The van der Waals surface area contributed by atoms with Crippen molar-refractivity contribution in [3.63, 3.8) is 0 Å². The Labute approximate surface area is 138 Å². The van der Waals surface area contributed by atoms with Crippen LogP contribution < -0.4 is 15.8 Å². The van der Waals surface area contributed by atoms with Gasteiger partial charge in [0.1, 0.15) is 5.75 Å². The van der Waals surface area contributed by atoms with Gasteiger partial charge in [0.15, 0.2) is 5.96 Å². The number of nitrogens with one attached hydrogen (secondary N) is 1. The van der Waals surface area contributed by atoms with Crippen LogP contribution in [0.5, 0.6) is 5.75 Å². The first-order valence-corrected chi connectivity index (χ1v) is 7.99. The van der Waals surface area contributed by atoms with Crippen molar-refractivity contribution >= 4 is 11.6 Å². The quantitative estimate of drug-likeness (QED) is 0.627. The summed E-state index contributed by atoms with van der Waals surface area (Å²) in [7, 11) is 0. The predicted molar refractivity (Wildman–Crippen MR) is 97.0 cm³/mol. The zero-order valence-corrected chi connectivity index (χ0v) is 14.0. The third-order valence-electron chi connectivity index (χ3n) is 3.42. The molecule has 2 aromatic carbocycles. The number of aliphatic imine (C=N–C) groups is 1. The molecule has 4 heteroatoms. The van der Waals surface area contributed by atoms with Crippen LogP contribution in [0, 0.1) is 0 Å². The average molecular weight is 311 g/mol. The van der Waals surface area contributed by atoms with E-state index in [2.05, 4.69) is 35.4 Å².